The van der Waals surface area contributed by atoms with E-state index in [1.807, 2.05) is 0 Å². The van der Waals surface area contributed by atoms with E-state index in [1.165, 1.54) is 47.3 Å². The first kappa shape index (κ1) is 31.9. The summed E-state index contributed by atoms with van der Waals surface area (Å²) in [5, 5.41) is 28.8. The van der Waals surface area contributed by atoms with Crippen LogP contribution in [0, 0.1) is 31.9 Å². The van der Waals surface area contributed by atoms with Crippen molar-refractivity contribution in [2.45, 2.75) is 32.4 Å². The molecule has 1 unspecified atom stereocenters. The van der Waals surface area contributed by atoms with Gasteiger partial charge in [0, 0.05) is 17.5 Å². The van der Waals surface area contributed by atoms with Crippen molar-refractivity contribution in [2.75, 3.05) is 6.61 Å². The van der Waals surface area contributed by atoms with E-state index in [0.29, 0.717) is 5.56 Å². The minimum absolute atomic E-state index is 0.0495. The van der Waals surface area contributed by atoms with Gasteiger partial charge in [-0.15, -0.1) is 0 Å². The third-order valence-electron chi connectivity index (χ3n) is 5.78. The summed E-state index contributed by atoms with van der Waals surface area (Å²) < 4.78 is 32.9. The zero-order valence-electron chi connectivity index (χ0n) is 22.5. The minimum Gasteiger partial charge on any atom is -0.466 e. The first-order chi connectivity index (χ1) is 20.5. The molecule has 4 rings (SSSR count). The Bertz CT molecular complexity index is 1600. The zero-order chi connectivity index (χ0) is 31.5. The Morgan fingerprint density at radius 2 is 1.40 bits per heavy atom. The highest BCUT2D eigenvalue weighted by Gasteiger charge is 2.26. The van der Waals surface area contributed by atoms with Crippen LogP contribution in [-0.4, -0.2) is 53.6 Å². The number of hydrogen-bond donors (Lipinski definition) is 0. The Morgan fingerprint density at radius 1 is 0.860 bits per heavy atom. The number of nitro groups is 2. The summed E-state index contributed by atoms with van der Waals surface area (Å²) in [5.74, 6) is -2.13. The van der Waals surface area contributed by atoms with Gasteiger partial charge in [0.05, 0.1) is 16.5 Å². The SMILES string of the molecule is CCOC(=O)CCC(C(=O)c1ccc(F)cc1)n1cc([N+](=O)[O-])cn1.O=C(Cn1cc([N+](=O)[O-])cn1)c1ccc(F)cc1. The van der Waals surface area contributed by atoms with E-state index in [-0.39, 0.29) is 48.7 Å². The minimum atomic E-state index is -0.941. The van der Waals surface area contributed by atoms with E-state index in [2.05, 4.69) is 10.2 Å². The lowest BCUT2D eigenvalue weighted by Crippen LogP contribution is -2.22. The Labute approximate surface area is 241 Å². The molecular formula is C27H24F2N6O8. The van der Waals surface area contributed by atoms with Crippen LogP contribution in [0.3, 0.4) is 0 Å². The van der Waals surface area contributed by atoms with Crippen LogP contribution in [0.5, 0.6) is 0 Å². The second kappa shape index (κ2) is 14.8. The molecule has 0 aliphatic heterocycles. The zero-order valence-corrected chi connectivity index (χ0v) is 22.5. The quantitative estimate of drug-likeness (QED) is 0.0973. The van der Waals surface area contributed by atoms with Gasteiger partial charge in [-0.05, 0) is 61.9 Å². The molecule has 0 saturated carbocycles. The molecule has 224 valence electrons. The second-order valence-corrected chi connectivity index (χ2v) is 8.75. The summed E-state index contributed by atoms with van der Waals surface area (Å²) in [6, 6.07) is 9.04. The van der Waals surface area contributed by atoms with Crippen molar-refractivity contribution in [1.82, 2.24) is 19.6 Å². The van der Waals surface area contributed by atoms with Crippen LogP contribution in [0.2, 0.25) is 0 Å². The maximum atomic E-state index is 13.0. The predicted molar refractivity (Wildman–Crippen MR) is 144 cm³/mol. The fraction of sp³-hybridized carbons (Fsp3) is 0.222. The molecule has 4 aromatic rings. The molecule has 0 saturated heterocycles. The average molecular weight is 599 g/mol. The van der Waals surface area contributed by atoms with Crippen molar-refractivity contribution >= 4 is 28.9 Å². The monoisotopic (exact) mass is 598 g/mol. The van der Waals surface area contributed by atoms with Crippen LogP contribution in [0.15, 0.2) is 73.3 Å². The van der Waals surface area contributed by atoms with Crippen molar-refractivity contribution < 1.29 is 37.7 Å². The van der Waals surface area contributed by atoms with Gasteiger partial charge in [-0.25, -0.2) is 8.78 Å². The molecule has 0 amide bonds. The average Bonchev–Trinajstić information content (AvgIpc) is 3.65. The molecule has 0 fully saturated rings. The van der Waals surface area contributed by atoms with E-state index in [4.69, 9.17) is 4.74 Å². The molecule has 0 aliphatic rings. The molecule has 1 atom stereocenters. The molecule has 2 aromatic heterocycles. The first-order valence-corrected chi connectivity index (χ1v) is 12.6. The number of nitrogens with zero attached hydrogens (tertiary/aromatic N) is 6. The normalized spacial score (nSPS) is 11.1. The third-order valence-corrected chi connectivity index (χ3v) is 5.78. The molecule has 0 spiro atoms. The van der Waals surface area contributed by atoms with Gasteiger partial charge in [-0.3, -0.25) is 44.0 Å². The van der Waals surface area contributed by atoms with Crippen LogP contribution in [0.25, 0.3) is 0 Å². The van der Waals surface area contributed by atoms with E-state index >= 15 is 0 Å². The molecule has 0 radical (unpaired) electrons. The summed E-state index contributed by atoms with van der Waals surface area (Å²) >= 11 is 0. The molecule has 2 aromatic carbocycles. The summed E-state index contributed by atoms with van der Waals surface area (Å²) in [7, 11) is 0. The maximum Gasteiger partial charge on any atom is 0.307 e. The topological polar surface area (TPSA) is 182 Å². The fourth-order valence-corrected chi connectivity index (χ4v) is 3.68. The van der Waals surface area contributed by atoms with Gasteiger partial charge >= 0.3 is 17.3 Å². The summed E-state index contributed by atoms with van der Waals surface area (Å²) in [6.45, 7) is 1.75. The third kappa shape index (κ3) is 9.17. The van der Waals surface area contributed by atoms with Crippen molar-refractivity contribution in [1.29, 1.82) is 0 Å². The number of carbonyl (C=O) groups is 3. The lowest BCUT2D eigenvalue weighted by Gasteiger charge is -2.16. The molecule has 43 heavy (non-hydrogen) atoms. The van der Waals surface area contributed by atoms with Gasteiger partial charge in [0.2, 0.25) is 0 Å². The molecule has 0 N–H and O–H groups in total. The molecule has 2 heterocycles. The Kier molecular flexibility index (Phi) is 11.0. The van der Waals surface area contributed by atoms with Crippen LogP contribution >= 0.6 is 0 Å². The number of aromatic nitrogens is 4. The Hall–Kier alpha value is -5.67. The predicted octanol–water partition coefficient (Wildman–Crippen LogP) is 4.51. The summed E-state index contributed by atoms with van der Waals surface area (Å²) in [4.78, 5) is 56.1. The second-order valence-electron chi connectivity index (χ2n) is 8.75. The van der Waals surface area contributed by atoms with Crippen molar-refractivity contribution in [2.24, 2.45) is 0 Å². The van der Waals surface area contributed by atoms with E-state index < -0.39 is 39.3 Å². The standard InChI is InChI=1S/C16H16FN3O5.C11H8FN3O3/c1-2-25-15(21)8-7-14(19-10-13(9-18-19)20(23)24)16(22)11-3-5-12(17)6-4-11;12-9-3-1-8(2-4-9)11(16)7-14-6-10(5-13-14)15(17)18/h3-6,9-10,14H,2,7-8H2,1H3;1-6H,7H2. The number of rotatable bonds is 12. The molecule has 14 nitrogen and oxygen atoms in total. The first-order valence-electron chi connectivity index (χ1n) is 12.6. The highest BCUT2D eigenvalue weighted by molar-refractivity contribution is 5.99. The van der Waals surface area contributed by atoms with Gasteiger partial charge in [0.15, 0.2) is 11.6 Å². The van der Waals surface area contributed by atoms with Gasteiger partial charge < -0.3 is 4.74 Å². The van der Waals surface area contributed by atoms with E-state index in [9.17, 15) is 43.4 Å². The van der Waals surface area contributed by atoms with Crippen molar-refractivity contribution in [3.8, 4) is 0 Å². The largest absolute Gasteiger partial charge is 0.466 e. The van der Waals surface area contributed by atoms with Gasteiger partial charge in [-0.1, -0.05) is 0 Å². The number of carbonyl (C=O) groups excluding carboxylic acids is 3. The number of ether oxygens (including phenoxy) is 1. The lowest BCUT2D eigenvalue weighted by molar-refractivity contribution is -0.385. The van der Waals surface area contributed by atoms with E-state index in [1.54, 1.807) is 6.92 Å². The van der Waals surface area contributed by atoms with Gasteiger partial charge in [0.25, 0.3) is 0 Å². The highest BCUT2D eigenvalue weighted by Crippen LogP contribution is 2.22. The van der Waals surface area contributed by atoms with Crippen molar-refractivity contribution in [3.63, 3.8) is 0 Å². The number of hydrogen-bond acceptors (Lipinski definition) is 10. The van der Waals surface area contributed by atoms with Gasteiger partial charge in [-0.2, -0.15) is 10.2 Å². The van der Waals surface area contributed by atoms with Crippen LogP contribution in [0.4, 0.5) is 20.2 Å². The molecular weight excluding hydrogens is 574 g/mol. The molecule has 0 bridgehead atoms. The molecule has 16 heteroatoms. The number of esters is 1. The number of benzene rings is 2. The fourth-order valence-electron chi connectivity index (χ4n) is 3.68. The van der Waals surface area contributed by atoms with Crippen LogP contribution in [0.1, 0.15) is 46.5 Å². The Balaban J connectivity index is 0.000000248. The Morgan fingerprint density at radius 3 is 1.91 bits per heavy atom. The maximum absolute atomic E-state index is 13.0. The lowest BCUT2D eigenvalue weighted by atomic mass is 10.0. The number of ketones is 2. The summed E-state index contributed by atoms with van der Waals surface area (Å²) in [6.07, 6.45) is 4.37. The summed E-state index contributed by atoms with van der Waals surface area (Å²) in [5.41, 5.74) is 0.0953. The van der Waals surface area contributed by atoms with E-state index in [0.717, 1.165) is 35.4 Å². The number of Topliss-reactive ketones (excluding diaryl/α,β-unsaturated/α-hetero) is 2. The van der Waals surface area contributed by atoms with Crippen LogP contribution < -0.4 is 0 Å². The highest BCUT2D eigenvalue weighted by atomic mass is 19.1. The number of halogens is 2. The smallest absolute Gasteiger partial charge is 0.307 e. The van der Waals surface area contributed by atoms with Crippen LogP contribution in [-0.2, 0) is 16.1 Å². The molecule has 0 aliphatic carbocycles. The van der Waals surface area contributed by atoms with Crippen molar-refractivity contribution in [3.05, 3.63) is 116 Å². The van der Waals surface area contributed by atoms with Gasteiger partial charge in [0.1, 0.15) is 49.0 Å².